The normalized spacial score (nSPS) is 29.6. The van der Waals surface area contributed by atoms with Crippen molar-refractivity contribution in [3.63, 3.8) is 0 Å². The predicted molar refractivity (Wildman–Crippen MR) is 162 cm³/mol. The van der Waals surface area contributed by atoms with Crippen LogP contribution in [0.4, 0.5) is 5.69 Å². The molecule has 224 valence electrons. The first kappa shape index (κ1) is 30.8. The number of nitrogens with zero attached hydrogens (tertiary/aromatic N) is 1. The maximum atomic E-state index is 11.9. The second-order valence-electron chi connectivity index (χ2n) is 12.1. The van der Waals surface area contributed by atoms with Gasteiger partial charge in [-0.05, 0) is 80.0 Å². The highest BCUT2D eigenvalue weighted by molar-refractivity contribution is 6.05. The van der Waals surface area contributed by atoms with Gasteiger partial charge in [0.25, 0.3) is 0 Å². The number of benzene rings is 1. The number of ether oxygens (including phenoxy) is 1. The van der Waals surface area contributed by atoms with E-state index in [1.54, 1.807) is 25.4 Å². The minimum absolute atomic E-state index is 0.0879. The highest BCUT2D eigenvalue weighted by Gasteiger charge is 2.54. The van der Waals surface area contributed by atoms with E-state index in [0.29, 0.717) is 70.8 Å². The topological polar surface area (TPSA) is 117 Å². The first-order valence-electron chi connectivity index (χ1n) is 15.2. The summed E-state index contributed by atoms with van der Waals surface area (Å²) in [5.74, 6) is 2.27. The molecular formula is C33H47N3O5. The lowest BCUT2D eigenvalue weighted by atomic mass is 9.57. The van der Waals surface area contributed by atoms with Crippen LogP contribution < -0.4 is 5.32 Å². The minimum atomic E-state index is -0.997. The van der Waals surface area contributed by atoms with Crippen molar-refractivity contribution in [1.29, 1.82) is 0 Å². The predicted octanol–water partition coefficient (Wildman–Crippen LogP) is 7.61. The number of rotatable bonds is 7. The summed E-state index contributed by atoms with van der Waals surface area (Å²) in [5, 5.41) is 12.7. The number of oxazole rings is 1. The molecule has 3 unspecified atom stereocenters. The second kappa shape index (κ2) is 12.8. The van der Waals surface area contributed by atoms with Crippen molar-refractivity contribution in [3.05, 3.63) is 47.6 Å². The first-order valence-corrected chi connectivity index (χ1v) is 15.2. The number of carbonyl (C=O) groups excluding carboxylic acids is 1. The van der Waals surface area contributed by atoms with E-state index in [4.69, 9.17) is 14.1 Å². The highest BCUT2D eigenvalue weighted by Crippen LogP contribution is 2.54. The van der Waals surface area contributed by atoms with Gasteiger partial charge < -0.3 is 24.6 Å². The van der Waals surface area contributed by atoms with Gasteiger partial charge in [-0.2, -0.15) is 0 Å². The molecular weight excluding hydrogens is 518 g/mol. The lowest BCUT2D eigenvalue weighted by Gasteiger charge is -2.57. The number of aromatic carboxylic acids is 1. The number of H-pyrrole nitrogens is 1. The van der Waals surface area contributed by atoms with Gasteiger partial charge in [0.2, 0.25) is 0 Å². The average Bonchev–Trinajstić information content (AvgIpc) is 3.63. The Labute approximate surface area is 243 Å². The van der Waals surface area contributed by atoms with Crippen molar-refractivity contribution < 1.29 is 23.8 Å². The smallest absolute Gasteiger partial charge is 0.340 e. The van der Waals surface area contributed by atoms with Gasteiger partial charge in [0.1, 0.15) is 11.1 Å². The zero-order chi connectivity index (χ0) is 29.9. The van der Waals surface area contributed by atoms with Crippen molar-refractivity contribution in [3.8, 4) is 0 Å². The lowest BCUT2D eigenvalue weighted by molar-refractivity contribution is -0.231. The number of aromatic nitrogens is 2. The highest BCUT2D eigenvalue weighted by atomic mass is 16.5. The fraction of sp³-hybridized carbons (Fsp3) is 0.606. The van der Waals surface area contributed by atoms with Crippen molar-refractivity contribution in [2.75, 3.05) is 12.4 Å². The Morgan fingerprint density at radius 3 is 2.51 bits per heavy atom. The van der Waals surface area contributed by atoms with E-state index in [9.17, 15) is 14.7 Å². The van der Waals surface area contributed by atoms with Gasteiger partial charge in [0, 0.05) is 26.1 Å². The molecule has 1 spiro atoms. The van der Waals surface area contributed by atoms with E-state index in [-0.39, 0.29) is 23.1 Å². The van der Waals surface area contributed by atoms with Crippen LogP contribution in [-0.2, 0) is 11.2 Å². The summed E-state index contributed by atoms with van der Waals surface area (Å²) < 4.78 is 13.0. The molecule has 2 aromatic heterocycles. The number of aromatic amines is 1. The molecule has 0 radical (unpaired) electrons. The molecule has 1 saturated carbocycles. The van der Waals surface area contributed by atoms with Crippen LogP contribution in [0.15, 0.2) is 34.9 Å². The van der Waals surface area contributed by atoms with Gasteiger partial charge in [0.05, 0.1) is 23.1 Å². The molecule has 7 atom stereocenters. The van der Waals surface area contributed by atoms with Gasteiger partial charge in [-0.1, -0.05) is 41.0 Å². The van der Waals surface area contributed by atoms with Gasteiger partial charge >= 0.3 is 5.97 Å². The number of carbonyl (C=O) groups is 2. The fourth-order valence-electron chi connectivity index (χ4n) is 7.34. The standard InChI is InChI=1S/C26H38N2O4.C7H9NO/c1-7-19-18(14(2)10-11-26(19)16(4)12-15(3)17(5)32-26)13-22-28-24-21(31-22)9-8-20(27-6)23(24)25(29)30;1-2-7(9)6-4-3-5-8-6/h8-9,14-19,27H,7,10-13H2,1-6H3,(H,29,30);3-5,8H,2H2,1H3/t14?,15-,16-,17-,18+,19?,26?;/m1./s1. The maximum Gasteiger partial charge on any atom is 0.340 e. The lowest BCUT2D eigenvalue weighted by Crippen LogP contribution is -2.58. The van der Waals surface area contributed by atoms with Gasteiger partial charge in [-0.3, -0.25) is 4.79 Å². The van der Waals surface area contributed by atoms with Crippen molar-refractivity contribution in [2.45, 2.75) is 91.8 Å². The molecule has 2 fully saturated rings. The van der Waals surface area contributed by atoms with Crippen LogP contribution in [0.2, 0.25) is 0 Å². The van der Waals surface area contributed by atoms with Crippen molar-refractivity contribution >= 4 is 28.5 Å². The quantitative estimate of drug-likeness (QED) is 0.252. The molecule has 3 N–H and O–H groups in total. The van der Waals surface area contributed by atoms with Gasteiger partial charge in [0.15, 0.2) is 17.3 Å². The molecule has 0 amide bonds. The minimum Gasteiger partial charge on any atom is -0.478 e. The average molecular weight is 566 g/mol. The van der Waals surface area contributed by atoms with Gasteiger partial charge in [-0.15, -0.1) is 0 Å². The van der Waals surface area contributed by atoms with E-state index in [0.717, 1.165) is 19.3 Å². The first-order chi connectivity index (χ1) is 19.6. The van der Waals surface area contributed by atoms with E-state index >= 15 is 0 Å². The van der Waals surface area contributed by atoms with Crippen LogP contribution in [-0.4, -0.2) is 45.6 Å². The zero-order valence-corrected chi connectivity index (χ0v) is 25.6. The van der Waals surface area contributed by atoms with Crippen LogP contribution >= 0.6 is 0 Å². The molecule has 1 aliphatic heterocycles. The Morgan fingerprint density at radius 1 is 1.15 bits per heavy atom. The number of anilines is 1. The van der Waals surface area contributed by atoms with Crippen LogP contribution in [0.25, 0.3) is 11.1 Å². The zero-order valence-electron chi connectivity index (χ0n) is 25.6. The molecule has 41 heavy (non-hydrogen) atoms. The number of Topliss-reactive ketones (excluding diaryl/α,β-unsaturated/α-hetero) is 1. The number of fused-ring (bicyclic) bond motifs is 1. The summed E-state index contributed by atoms with van der Waals surface area (Å²) in [5.41, 5.74) is 2.30. The molecule has 8 nitrogen and oxygen atoms in total. The van der Waals surface area contributed by atoms with Crippen molar-refractivity contribution in [1.82, 2.24) is 9.97 Å². The molecule has 3 heterocycles. The third-order valence-corrected chi connectivity index (χ3v) is 9.79. The maximum absolute atomic E-state index is 11.9. The van der Waals surface area contributed by atoms with Gasteiger partial charge in [-0.25, -0.2) is 9.78 Å². The molecule has 0 bridgehead atoms. The summed E-state index contributed by atoms with van der Waals surface area (Å²) in [4.78, 5) is 30.3. The SMILES string of the molecule is CCC(=O)c1ccc[nH]1.CCC1[C@@H](Cc2nc3c(C(=O)O)c(NC)ccc3o2)C(C)CCC12O[C@H](C)[C@H](C)C[C@H]2C. The summed E-state index contributed by atoms with van der Waals surface area (Å²) in [6.07, 6.45) is 7.83. The largest absolute Gasteiger partial charge is 0.478 e. The molecule has 2 aliphatic rings. The summed E-state index contributed by atoms with van der Waals surface area (Å²) in [6.45, 7) is 13.4. The number of carboxylic acid groups (broad SMARTS) is 1. The summed E-state index contributed by atoms with van der Waals surface area (Å²) in [7, 11) is 1.72. The number of carboxylic acids is 1. The molecule has 1 aliphatic carbocycles. The van der Waals surface area contributed by atoms with Crippen LogP contribution in [0, 0.1) is 29.6 Å². The van der Waals surface area contributed by atoms with Crippen LogP contribution in [0.3, 0.4) is 0 Å². The summed E-state index contributed by atoms with van der Waals surface area (Å²) >= 11 is 0. The Morgan fingerprint density at radius 2 is 1.90 bits per heavy atom. The summed E-state index contributed by atoms with van der Waals surface area (Å²) in [6, 6.07) is 7.16. The number of ketones is 1. The molecule has 1 saturated heterocycles. The van der Waals surface area contributed by atoms with E-state index < -0.39 is 5.97 Å². The van der Waals surface area contributed by atoms with Crippen LogP contribution in [0.5, 0.6) is 0 Å². The number of hydrogen-bond acceptors (Lipinski definition) is 6. The Hall–Kier alpha value is -3.13. The molecule has 8 heteroatoms. The van der Waals surface area contributed by atoms with Crippen molar-refractivity contribution in [2.24, 2.45) is 29.6 Å². The molecule has 5 rings (SSSR count). The Kier molecular flexibility index (Phi) is 9.62. The third-order valence-electron chi connectivity index (χ3n) is 9.79. The monoisotopic (exact) mass is 565 g/mol. The Bertz CT molecular complexity index is 1330. The molecule has 3 aromatic rings. The number of nitrogens with one attached hydrogen (secondary N) is 2. The van der Waals surface area contributed by atoms with Crippen LogP contribution in [0.1, 0.15) is 100 Å². The van der Waals surface area contributed by atoms with E-state index in [1.807, 2.05) is 19.1 Å². The third kappa shape index (κ3) is 6.08. The Balaban J connectivity index is 0.000000367. The number of hydrogen-bond donors (Lipinski definition) is 3. The second-order valence-corrected chi connectivity index (χ2v) is 12.1. The van der Waals surface area contributed by atoms with E-state index in [2.05, 4.69) is 44.9 Å². The molecule has 1 aromatic carbocycles. The fourth-order valence-corrected chi connectivity index (χ4v) is 7.34. The van der Waals surface area contributed by atoms with E-state index in [1.165, 1.54) is 6.42 Å².